The second kappa shape index (κ2) is 4.52. The third kappa shape index (κ3) is 2.09. The minimum atomic E-state index is -0.975. The summed E-state index contributed by atoms with van der Waals surface area (Å²) in [7, 11) is 0. The van der Waals surface area contributed by atoms with Gasteiger partial charge in [0.15, 0.2) is 0 Å². The summed E-state index contributed by atoms with van der Waals surface area (Å²) in [4.78, 5) is 0. The molecule has 0 fully saturated rings. The molecule has 1 aromatic heterocycles. The van der Waals surface area contributed by atoms with Gasteiger partial charge in [0.25, 0.3) is 0 Å². The van der Waals surface area contributed by atoms with Crippen LogP contribution in [0.25, 0.3) is 11.3 Å². The molecule has 0 aliphatic heterocycles. The molecule has 6 heteroatoms. The number of benzene rings is 1. The second-order valence-electron chi connectivity index (χ2n) is 3.46. The molecule has 0 bridgehead atoms. The lowest BCUT2D eigenvalue weighted by Gasteiger charge is -2.02. The molecule has 1 aromatic carbocycles. The van der Waals surface area contributed by atoms with Crippen molar-refractivity contribution >= 4 is 15.9 Å². The summed E-state index contributed by atoms with van der Waals surface area (Å²) in [5.41, 5.74) is 0.495. The van der Waals surface area contributed by atoms with Crippen LogP contribution in [-0.4, -0.2) is 10.2 Å². The van der Waals surface area contributed by atoms with Gasteiger partial charge in [-0.05, 0) is 22.4 Å². The van der Waals surface area contributed by atoms with Gasteiger partial charge >= 0.3 is 0 Å². The SMILES string of the molecule is CCc1[nH]nc(-c2c(F)cc(F)cc2F)c1Br. The van der Waals surface area contributed by atoms with Crippen LogP contribution in [0, 0.1) is 17.5 Å². The van der Waals surface area contributed by atoms with E-state index in [2.05, 4.69) is 26.1 Å². The van der Waals surface area contributed by atoms with Gasteiger partial charge in [-0.15, -0.1) is 0 Å². The lowest BCUT2D eigenvalue weighted by Crippen LogP contribution is -1.93. The summed E-state index contributed by atoms with van der Waals surface area (Å²) in [5.74, 6) is -2.90. The maximum Gasteiger partial charge on any atom is 0.138 e. The largest absolute Gasteiger partial charge is 0.281 e. The van der Waals surface area contributed by atoms with E-state index in [1.807, 2.05) is 6.92 Å². The monoisotopic (exact) mass is 304 g/mol. The van der Waals surface area contributed by atoms with Crippen LogP contribution in [0.3, 0.4) is 0 Å². The van der Waals surface area contributed by atoms with Crippen molar-refractivity contribution in [2.75, 3.05) is 0 Å². The molecule has 2 nitrogen and oxygen atoms in total. The first-order chi connectivity index (χ1) is 8.04. The molecule has 1 N–H and O–H groups in total. The molecule has 0 aliphatic carbocycles. The predicted octanol–water partition coefficient (Wildman–Crippen LogP) is 3.82. The molecule has 0 saturated heterocycles. The zero-order valence-corrected chi connectivity index (χ0v) is 10.4. The van der Waals surface area contributed by atoms with Gasteiger partial charge in [-0.3, -0.25) is 5.10 Å². The van der Waals surface area contributed by atoms with E-state index in [1.165, 1.54) is 0 Å². The zero-order valence-electron chi connectivity index (χ0n) is 8.82. The number of rotatable bonds is 2. The first kappa shape index (κ1) is 12.2. The zero-order chi connectivity index (χ0) is 12.6. The Kier molecular flexibility index (Phi) is 3.24. The van der Waals surface area contributed by atoms with Crippen molar-refractivity contribution in [3.63, 3.8) is 0 Å². The Morgan fingerprint density at radius 3 is 2.29 bits per heavy atom. The number of hydrogen-bond donors (Lipinski definition) is 1. The quantitative estimate of drug-likeness (QED) is 0.898. The Bertz CT molecular complexity index is 543. The van der Waals surface area contributed by atoms with E-state index >= 15 is 0 Å². The normalized spacial score (nSPS) is 10.9. The van der Waals surface area contributed by atoms with Crippen LogP contribution in [0.1, 0.15) is 12.6 Å². The third-order valence-corrected chi connectivity index (χ3v) is 3.23. The molecule has 17 heavy (non-hydrogen) atoms. The number of aromatic amines is 1. The van der Waals surface area contributed by atoms with Gasteiger partial charge in [0.2, 0.25) is 0 Å². The Hall–Kier alpha value is -1.30. The van der Waals surface area contributed by atoms with Crippen LogP contribution in [-0.2, 0) is 6.42 Å². The van der Waals surface area contributed by atoms with Gasteiger partial charge in [0.05, 0.1) is 10.0 Å². The van der Waals surface area contributed by atoms with E-state index in [0.717, 1.165) is 5.69 Å². The molecule has 0 unspecified atom stereocenters. The highest BCUT2D eigenvalue weighted by Crippen LogP contribution is 2.33. The van der Waals surface area contributed by atoms with Gasteiger partial charge in [0.1, 0.15) is 23.1 Å². The van der Waals surface area contributed by atoms with E-state index in [9.17, 15) is 13.2 Å². The lowest BCUT2D eigenvalue weighted by molar-refractivity contribution is 0.547. The van der Waals surface area contributed by atoms with Gasteiger partial charge in [-0.2, -0.15) is 5.10 Å². The number of H-pyrrole nitrogens is 1. The number of aromatic nitrogens is 2. The highest BCUT2D eigenvalue weighted by Gasteiger charge is 2.20. The Labute approximate surface area is 104 Å². The second-order valence-corrected chi connectivity index (χ2v) is 4.26. The summed E-state index contributed by atoms with van der Waals surface area (Å²) in [6, 6.07) is 1.26. The fourth-order valence-electron chi connectivity index (χ4n) is 1.53. The fourth-order valence-corrected chi connectivity index (χ4v) is 2.19. The number of aryl methyl sites for hydroxylation is 1. The van der Waals surface area contributed by atoms with Gasteiger partial charge in [0, 0.05) is 17.8 Å². The molecule has 0 saturated carbocycles. The molecule has 0 spiro atoms. The number of nitrogens with zero attached hydrogens (tertiary/aromatic N) is 1. The van der Waals surface area contributed by atoms with E-state index < -0.39 is 17.5 Å². The highest BCUT2D eigenvalue weighted by molar-refractivity contribution is 9.10. The fraction of sp³-hybridized carbons (Fsp3) is 0.182. The molecule has 0 radical (unpaired) electrons. The minimum Gasteiger partial charge on any atom is -0.281 e. The van der Waals surface area contributed by atoms with E-state index in [4.69, 9.17) is 0 Å². The van der Waals surface area contributed by atoms with Crippen molar-refractivity contribution in [1.82, 2.24) is 10.2 Å². The van der Waals surface area contributed by atoms with Crippen molar-refractivity contribution < 1.29 is 13.2 Å². The van der Waals surface area contributed by atoms with Crippen molar-refractivity contribution in [2.45, 2.75) is 13.3 Å². The topological polar surface area (TPSA) is 28.7 Å². The third-order valence-electron chi connectivity index (χ3n) is 2.37. The number of nitrogens with one attached hydrogen (secondary N) is 1. The first-order valence-corrected chi connectivity index (χ1v) is 5.71. The molecule has 2 rings (SSSR count). The van der Waals surface area contributed by atoms with Crippen molar-refractivity contribution in [3.8, 4) is 11.3 Å². The van der Waals surface area contributed by atoms with E-state index in [1.54, 1.807) is 0 Å². The molecule has 0 aliphatic rings. The Morgan fingerprint density at radius 1 is 1.24 bits per heavy atom. The highest BCUT2D eigenvalue weighted by atomic mass is 79.9. The van der Waals surface area contributed by atoms with Crippen LogP contribution in [0.15, 0.2) is 16.6 Å². The standard InChI is InChI=1S/C11H8BrF3N2/c1-2-8-10(12)11(17-16-8)9-6(14)3-5(13)4-7(9)15/h3-4H,2H2,1H3,(H,16,17). The van der Waals surface area contributed by atoms with E-state index in [0.29, 0.717) is 23.0 Å². The maximum absolute atomic E-state index is 13.5. The molecule has 1 heterocycles. The number of halogens is 4. The predicted molar refractivity (Wildman–Crippen MR) is 61.0 cm³/mol. The van der Waals surface area contributed by atoms with E-state index in [-0.39, 0.29) is 11.3 Å². The molecule has 90 valence electrons. The molecule has 0 atom stereocenters. The maximum atomic E-state index is 13.5. The average Bonchev–Trinajstić information content (AvgIpc) is 2.59. The summed E-state index contributed by atoms with van der Waals surface area (Å²) >= 11 is 3.21. The molecular formula is C11H8BrF3N2. The van der Waals surface area contributed by atoms with Gasteiger partial charge < -0.3 is 0 Å². The summed E-state index contributed by atoms with van der Waals surface area (Å²) in [5, 5.41) is 6.50. The minimum absolute atomic E-state index is 0.108. The van der Waals surface area contributed by atoms with Gasteiger partial charge in [-0.25, -0.2) is 13.2 Å². The summed E-state index contributed by atoms with van der Waals surface area (Å²) in [6.07, 6.45) is 0.637. The number of hydrogen-bond acceptors (Lipinski definition) is 1. The van der Waals surface area contributed by atoms with Crippen LogP contribution >= 0.6 is 15.9 Å². The molecule has 2 aromatic rings. The molecule has 0 amide bonds. The average molecular weight is 305 g/mol. The Balaban J connectivity index is 2.64. The summed E-state index contributed by atoms with van der Waals surface area (Å²) < 4.78 is 40.3. The van der Waals surface area contributed by atoms with Crippen LogP contribution < -0.4 is 0 Å². The van der Waals surface area contributed by atoms with Crippen molar-refractivity contribution in [3.05, 3.63) is 39.8 Å². The summed E-state index contributed by atoms with van der Waals surface area (Å²) in [6.45, 7) is 1.87. The Morgan fingerprint density at radius 2 is 1.82 bits per heavy atom. The van der Waals surface area contributed by atoms with Crippen LogP contribution in [0.5, 0.6) is 0 Å². The smallest absolute Gasteiger partial charge is 0.138 e. The van der Waals surface area contributed by atoms with Crippen molar-refractivity contribution in [1.29, 1.82) is 0 Å². The molecular weight excluding hydrogens is 297 g/mol. The van der Waals surface area contributed by atoms with Crippen molar-refractivity contribution in [2.24, 2.45) is 0 Å². The van der Waals surface area contributed by atoms with Crippen LogP contribution in [0.4, 0.5) is 13.2 Å². The lowest BCUT2D eigenvalue weighted by atomic mass is 10.1. The van der Waals surface area contributed by atoms with Crippen LogP contribution in [0.2, 0.25) is 0 Å². The van der Waals surface area contributed by atoms with Gasteiger partial charge in [-0.1, -0.05) is 6.92 Å². The first-order valence-electron chi connectivity index (χ1n) is 4.92.